The van der Waals surface area contributed by atoms with Gasteiger partial charge in [0.25, 0.3) is 0 Å². The van der Waals surface area contributed by atoms with Crippen molar-refractivity contribution in [3.8, 4) is 0 Å². The van der Waals surface area contributed by atoms with Crippen LogP contribution >= 0.6 is 11.6 Å². The molecule has 2 aromatic rings. The fourth-order valence-corrected chi connectivity index (χ4v) is 3.39. The van der Waals surface area contributed by atoms with Crippen molar-refractivity contribution in [2.45, 2.75) is 44.8 Å². The summed E-state index contributed by atoms with van der Waals surface area (Å²) in [5.74, 6) is 1.08. The molecule has 0 aliphatic carbocycles. The molecule has 0 N–H and O–H groups in total. The number of nitrogens with zero attached hydrogens (tertiary/aromatic N) is 2. The highest BCUT2D eigenvalue weighted by Crippen LogP contribution is 2.35. The lowest BCUT2D eigenvalue weighted by atomic mass is 9.93. The number of hydrogen-bond donors (Lipinski definition) is 0. The van der Waals surface area contributed by atoms with Crippen LogP contribution in [0.15, 0.2) is 18.2 Å². The molecular weight excluding hydrogens is 291 g/mol. The van der Waals surface area contributed by atoms with E-state index in [4.69, 9.17) is 16.3 Å². The highest BCUT2D eigenvalue weighted by molar-refractivity contribution is 6.17. The third kappa shape index (κ3) is 2.79. The molecule has 1 atom stereocenters. The highest BCUT2D eigenvalue weighted by atomic mass is 35.5. The van der Waals surface area contributed by atoms with E-state index >= 15 is 0 Å². The summed E-state index contributed by atoms with van der Waals surface area (Å²) in [7, 11) is 0. The standard InChI is InChI=1S/C16H20ClFN2O/c1-16(2)10-11(7-9-21-16)20-13-5-3-4-12(18)15(13)19-14(20)6-8-17/h3-5,11H,6-10H2,1-2H3. The molecule has 2 heterocycles. The summed E-state index contributed by atoms with van der Waals surface area (Å²) in [6.45, 7) is 4.91. The van der Waals surface area contributed by atoms with Gasteiger partial charge in [0.1, 0.15) is 11.3 Å². The van der Waals surface area contributed by atoms with Gasteiger partial charge in [0, 0.05) is 24.9 Å². The molecule has 0 radical (unpaired) electrons. The lowest BCUT2D eigenvalue weighted by Gasteiger charge is -2.37. The van der Waals surface area contributed by atoms with Crippen molar-refractivity contribution in [1.82, 2.24) is 9.55 Å². The van der Waals surface area contributed by atoms with Crippen LogP contribution in [0.5, 0.6) is 0 Å². The molecule has 21 heavy (non-hydrogen) atoms. The van der Waals surface area contributed by atoms with Crippen LogP contribution in [0.25, 0.3) is 11.0 Å². The largest absolute Gasteiger partial charge is 0.375 e. The van der Waals surface area contributed by atoms with Crippen LogP contribution in [0.3, 0.4) is 0 Å². The predicted molar refractivity (Wildman–Crippen MR) is 82.4 cm³/mol. The minimum Gasteiger partial charge on any atom is -0.375 e. The number of rotatable bonds is 3. The summed E-state index contributed by atoms with van der Waals surface area (Å²) in [5.41, 5.74) is 1.14. The predicted octanol–water partition coefficient (Wildman–Crippen LogP) is 4.09. The first kappa shape index (κ1) is 14.8. The smallest absolute Gasteiger partial charge is 0.151 e. The van der Waals surface area contributed by atoms with Crippen LogP contribution in [0.2, 0.25) is 0 Å². The highest BCUT2D eigenvalue weighted by Gasteiger charge is 2.32. The summed E-state index contributed by atoms with van der Waals surface area (Å²) in [6, 6.07) is 5.41. The molecule has 3 nitrogen and oxygen atoms in total. The number of imidazole rings is 1. The average molecular weight is 311 g/mol. The zero-order valence-electron chi connectivity index (χ0n) is 12.4. The van der Waals surface area contributed by atoms with E-state index in [1.54, 1.807) is 6.07 Å². The van der Waals surface area contributed by atoms with Crippen molar-refractivity contribution >= 4 is 22.6 Å². The number of alkyl halides is 1. The summed E-state index contributed by atoms with van der Waals surface area (Å²) in [4.78, 5) is 4.49. The van der Waals surface area contributed by atoms with Crippen LogP contribution in [-0.4, -0.2) is 27.6 Å². The number of hydrogen-bond acceptors (Lipinski definition) is 2. The Hall–Kier alpha value is -1.13. The Bertz CT molecular complexity index is 653. The van der Waals surface area contributed by atoms with E-state index in [0.717, 1.165) is 24.2 Å². The molecule has 1 fully saturated rings. The van der Waals surface area contributed by atoms with Crippen molar-refractivity contribution in [2.75, 3.05) is 12.5 Å². The first-order valence-electron chi connectivity index (χ1n) is 7.37. The van der Waals surface area contributed by atoms with Gasteiger partial charge in [-0.2, -0.15) is 0 Å². The van der Waals surface area contributed by atoms with E-state index in [1.807, 2.05) is 6.07 Å². The second-order valence-electron chi connectivity index (χ2n) is 6.20. The van der Waals surface area contributed by atoms with E-state index in [-0.39, 0.29) is 17.5 Å². The Morgan fingerprint density at radius 3 is 3.00 bits per heavy atom. The Kier molecular flexibility index (Phi) is 3.93. The Balaban J connectivity index is 2.11. The number of halogens is 2. The average Bonchev–Trinajstić information content (AvgIpc) is 2.78. The summed E-state index contributed by atoms with van der Waals surface area (Å²) >= 11 is 5.90. The number of aromatic nitrogens is 2. The maximum atomic E-state index is 14.0. The first-order valence-corrected chi connectivity index (χ1v) is 7.90. The van der Waals surface area contributed by atoms with Gasteiger partial charge in [-0.05, 0) is 38.8 Å². The van der Waals surface area contributed by atoms with Gasteiger partial charge in [0.05, 0.1) is 11.1 Å². The fraction of sp³-hybridized carbons (Fsp3) is 0.562. The molecule has 1 aliphatic heterocycles. The third-order valence-corrected chi connectivity index (χ3v) is 4.29. The normalized spacial score (nSPS) is 21.8. The summed E-state index contributed by atoms with van der Waals surface area (Å²) < 4.78 is 22.0. The number of benzene rings is 1. The summed E-state index contributed by atoms with van der Waals surface area (Å²) in [6.07, 6.45) is 2.46. The van der Waals surface area contributed by atoms with Gasteiger partial charge in [0.15, 0.2) is 5.82 Å². The Morgan fingerprint density at radius 1 is 1.48 bits per heavy atom. The van der Waals surface area contributed by atoms with E-state index in [2.05, 4.69) is 23.4 Å². The van der Waals surface area contributed by atoms with Crippen LogP contribution in [0, 0.1) is 5.82 Å². The molecule has 0 bridgehead atoms. The van der Waals surface area contributed by atoms with E-state index in [0.29, 0.717) is 24.4 Å². The quantitative estimate of drug-likeness (QED) is 0.799. The molecule has 3 rings (SSSR count). The lowest BCUT2D eigenvalue weighted by molar-refractivity contribution is -0.0688. The maximum absolute atomic E-state index is 14.0. The zero-order valence-corrected chi connectivity index (χ0v) is 13.2. The molecule has 114 valence electrons. The monoisotopic (exact) mass is 310 g/mol. The molecule has 1 unspecified atom stereocenters. The van der Waals surface area contributed by atoms with Gasteiger partial charge in [-0.15, -0.1) is 11.6 Å². The summed E-state index contributed by atoms with van der Waals surface area (Å²) in [5, 5.41) is 0. The lowest BCUT2D eigenvalue weighted by Crippen LogP contribution is -2.35. The van der Waals surface area contributed by atoms with E-state index in [1.165, 1.54) is 6.07 Å². The van der Waals surface area contributed by atoms with Gasteiger partial charge in [-0.3, -0.25) is 0 Å². The topological polar surface area (TPSA) is 27.1 Å². The molecule has 0 amide bonds. The molecule has 0 spiro atoms. The molecule has 1 aromatic carbocycles. The van der Waals surface area contributed by atoms with Crippen molar-refractivity contribution in [1.29, 1.82) is 0 Å². The minimum absolute atomic E-state index is 0.162. The van der Waals surface area contributed by atoms with Gasteiger partial charge in [-0.1, -0.05) is 6.07 Å². The van der Waals surface area contributed by atoms with Gasteiger partial charge in [-0.25, -0.2) is 9.37 Å². The maximum Gasteiger partial charge on any atom is 0.151 e. The second kappa shape index (κ2) is 5.58. The van der Waals surface area contributed by atoms with Crippen molar-refractivity contribution in [3.05, 3.63) is 29.8 Å². The molecule has 1 aromatic heterocycles. The van der Waals surface area contributed by atoms with E-state index < -0.39 is 0 Å². The molecule has 1 saturated heterocycles. The Morgan fingerprint density at radius 2 is 2.29 bits per heavy atom. The van der Waals surface area contributed by atoms with Crippen LogP contribution in [0.4, 0.5) is 4.39 Å². The van der Waals surface area contributed by atoms with Crippen LogP contribution in [0.1, 0.15) is 38.6 Å². The molecule has 0 saturated carbocycles. The number of ether oxygens (including phenoxy) is 1. The first-order chi connectivity index (χ1) is 10.0. The molecular formula is C16H20ClFN2O. The molecule has 1 aliphatic rings. The van der Waals surface area contributed by atoms with Crippen molar-refractivity contribution < 1.29 is 9.13 Å². The Labute approximate surface area is 129 Å². The van der Waals surface area contributed by atoms with E-state index in [9.17, 15) is 4.39 Å². The minimum atomic E-state index is -0.270. The van der Waals surface area contributed by atoms with Crippen molar-refractivity contribution in [2.24, 2.45) is 0 Å². The molecule has 5 heteroatoms. The zero-order chi connectivity index (χ0) is 15.0. The fourth-order valence-electron chi connectivity index (χ4n) is 3.22. The number of aryl methyl sites for hydroxylation is 1. The van der Waals surface area contributed by atoms with Crippen LogP contribution in [-0.2, 0) is 11.2 Å². The third-order valence-electron chi connectivity index (χ3n) is 4.10. The number of fused-ring (bicyclic) bond motifs is 1. The van der Waals surface area contributed by atoms with Crippen molar-refractivity contribution in [3.63, 3.8) is 0 Å². The number of para-hydroxylation sites is 1. The van der Waals surface area contributed by atoms with Gasteiger partial charge < -0.3 is 9.30 Å². The van der Waals surface area contributed by atoms with Gasteiger partial charge >= 0.3 is 0 Å². The van der Waals surface area contributed by atoms with Crippen LogP contribution < -0.4 is 0 Å². The van der Waals surface area contributed by atoms with Gasteiger partial charge in [0.2, 0.25) is 0 Å². The SMILES string of the molecule is CC1(C)CC(n2c(CCCl)nc3c(F)cccc32)CCO1. The second-order valence-corrected chi connectivity index (χ2v) is 6.58.